The third-order valence-corrected chi connectivity index (χ3v) is 8.15. The van der Waals surface area contributed by atoms with E-state index >= 15 is 0 Å². The molecule has 2 aliphatic rings. The number of urea groups is 1. The molecule has 0 spiro atoms. The first-order chi connectivity index (χ1) is 20.9. The fourth-order valence-electron chi connectivity index (χ4n) is 6.11. The molecule has 43 heavy (non-hydrogen) atoms. The van der Waals surface area contributed by atoms with Gasteiger partial charge in [-0.25, -0.2) is 9.18 Å². The van der Waals surface area contributed by atoms with E-state index in [4.69, 9.17) is 0 Å². The topological polar surface area (TPSA) is 76.2 Å². The van der Waals surface area contributed by atoms with Crippen LogP contribution in [0.5, 0.6) is 0 Å². The van der Waals surface area contributed by atoms with Crippen LogP contribution in [-0.2, 0) is 22.7 Å². The van der Waals surface area contributed by atoms with Crippen LogP contribution in [0.25, 0.3) is 10.8 Å². The molecule has 220 valence electrons. The maximum absolute atomic E-state index is 14.2. The summed E-state index contributed by atoms with van der Waals surface area (Å²) in [5.41, 5.74) is 2.52. The molecule has 2 atom stereocenters. The summed E-state index contributed by atoms with van der Waals surface area (Å²) in [5, 5.41) is 8.47. The van der Waals surface area contributed by atoms with Gasteiger partial charge < -0.3 is 15.1 Å². The summed E-state index contributed by atoms with van der Waals surface area (Å²) in [7, 11) is 0. The average molecular weight is 580 g/mol. The SMILES string of the molecule is CCCN(C(=O)NCc1ccc(F)cc1)N1CC(=O)N2[C@@H](c3ccccc3)C(=O)N(Cc3cccc4ccccc34)C[C@@H]21. The van der Waals surface area contributed by atoms with E-state index in [9.17, 15) is 18.8 Å². The van der Waals surface area contributed by atoms with Crippen molar-refractivity contribution in [1.82, 2.24) is 25.1 Å². The highest BCUT2D eigenvalue weighted by Gasteiger charge is 2.52. The van der Waals surface area contributed by atoms with Crippen LogP contribution < -0.4 is 5.32 Å². The van der Waals surface area contributed by atoms with Gasteiger partial charge in [0.05, 0.1) is 13.1 Å². The number of carbonyl (C=O) groups is 3. The van der Waals surface area contributed by atoms with Gasteiger partial charge in [0, 0.05) is 19.6 Å². The number of nitrogens with one attached hydrogen (secondary N) is 1. The van der Waals surface area contributed by atoms with Crippen molar-refractivity contribution in [2.24, 2.45) is 0 Å². The van der Waals surface area contributed by atoms with Gasteiger partial charge >= 0.3 is 6.03 Å². The van der Waals surface area contributed by atoms with Crippen LogP contribution in [0, 0.1) is 5.82 Å². The highest BCUT2D eigenvalue weighted by atomic mass is 19.1. The Morgan fingerprint density at radius 1 is 0.930 bits per heavy atom. The number of amides is 4. The normalized spacial score (nSPS) is 18.7. The summed E-state index contributed by atoms with van der Waals surface area (Å²) < 4.78 is 13.4. The summed E-state index contributed by atoms with van der Waals surface area (Å²) in [6, 6.07) is 28.3. The summed E-state index contributed by atoms with van der Waals surface area (Å²) in [6.07, 6.45) is 0.135. The molecule has 0 radical (unpaired) electrons. The number of fused-ring (bicyclic) bond motifs is 2. The average Bonchev–Trinajstić information content (AvgIpc) is 3.35. The molecule has 4 aromatic rings. The molecular formula is C34H34FN5O3. The van der Waals surface area contributed by atoms with Gasteiger partial charge in [-0.2, -0.15) is 5.01 Å². The number of hydrogen-bond acceptors (Lipinski definition) is 4. The van der Waals surface area contributed by atoms with E-state index < -0.39 is 12.2 Å². The van der Waals surface area contributed by atoms with Crippen LogP contribution in [0.4, 0.5) is 9.18 Å². The number of hydrogen-bond donors (Lipinski definition) is 1. The number of carbonyl (C=O) groups excluding carboxylic acids is 3. The molecule has 2 aliphatic heterocycles. The van der Waals surface area contributed by atoms with E-state index in [1.54, 1.807) is 27.1 Å². The maximum atomic E-state index is 14.2. The minimum atomic E-state index is -0.807. The Balaban J connectivity index is 1.32. The van der Waals surface area contributed by atoms with Gasteiger partial charge in [-0.05, 0) is 46.0 Å². The minimum Gasteiger partial charge on any atom is -0.333 e. The molecule has 2 saturated heterocycles. The number of rotatable bonds is 8. The van der Waals surface area contributed by atoms with Gasteiger partial charge in [0.15, 0.2) is 0 Å². The predicted molar refractivity (Wildman–Crippen MR) is 162 cm³/mol. The highest BCUT2D eigenvalue weighted by molar-refractivity contribution is 5.93. The van der Waals surface area contributed by atoms with E-state index in [1.165, 1.54) is 12.1 Å². The van der Waals surface area contributed by atoms with Gasteiger partial charge in [-0.3, -0.25) is 14.6 Å². The van der Waals surface area contributed by atoms with E-state index in [0.29, 0.717) is 19.5 Å². The molecule has 9 heteroatoms. The van der Waals surface area contributed by atoms with Crippen molar-refractivity contribution in [3.8, 4) is 0 Å². The molecule has 0 unspecified atom stereocenters. The molecule has 2 heterocycles. The molecule has 0 bridgehead atoms. The molecular weight excluding hydrogens is 545 g/mol. The van der Waals surface area contributed by atoms with Crippen LogP contribution in [-0.4, -0.2) is 63.5 Å². The summed E-state index contributed by atoms with van der Waals surface area (Å²) >= 11 is 0. The van der Waals surface area contributed by atoms with Crippen molar-refractivity contribution < 1.29 is 18.8 Å². The molecule has 1 N–H and O–H groups in total. The Kier molecular flexibility index (Phi) is 8.07. The minimum absolute atomic E-state index is 0.0205. The van der Waals surface area contributed by atoms with Crippen LogP contribution in [0.2, 0.25) is 0 Å². The van der Waals surface area contributed by atoms with Gasteiger partial charge in [0.25, 0.3) is 5.91 Å². The number of benzene rings is 4. The Labute approximate surface area is 250 Å². The number of halogens is 1. The molecule has 2 fully saturated rings. The number of piperazine rings is 1. The second-order valence-electron chi connectivity index (χ2n) is 11.0. The lowest BCUT2D eigenvalue weighted by Crippen LogP contribution is -2.62. The van der Waals surface area contributed by atoms with Gasteiger partial charge in [0.1, 0.15) is 18.0 Å². The summed E-state index contributed by atoms with van der Waals surface area (Å²) in [4.78, 5) is 44.8. The zero-order chi connectivity index (χ0) is 29.9. The lowest BCUT2D eigenvalue weighted by atomic mass is 9.99. The molecule has 0 saturated carbocycles. The number of hydrazine groups is 1. The van der Waals surface area contributed by atoms with Crippen LogP contribution >= 0.6 is 0 Å². The van der Waals surface area contributed by atoms with E-state index in [1.807, 2.05) is 66.4 Å². The molecule has 0 aliphatic carbocycles. The Hall–Kier alpha value is -4.76. The first-order valence-corrected chi connectivity index (χ1v) is 14.6. The predicted octanol–water partition coefficient (Wildman–Crippen LogP) is 5.07. The van der Waals surface area contributed by atoms with Gasteiger partial charge in [-0.15, -0.1) is 0 Å². The Morgan fingerprint density at radius 3 is 2.42 bits per heavy atom. The monoisotopic (exact) mass is 579 g/mol. The van der Waals surface area contributed by atoms with Gasteiger partial charge in [0.2, 0.25) is 5.91 Å². The Morgan fingerprint density at radius 2 is 1.65 bits per heavy atom. The van der Waals surface area contributed by atoms with Crippen molar-refractivity contribution >= 4 is 28.6 Å². The van der Waals surface area contributed by atoms with Crippen LogP contribution in [0.3, 0.4) is 0 Å². The van der Waals surface area contributed by atoms with Crippen LogP contribution in [0.15, 0.2) is 97.1 Å². The van der Waals surface area contributed by atoms with Crippen molar-refractivity contribution in [3.05, 3.63) is 120 Å². The zero-order valence-electron chi connectivity index (χ0n) is 24.0. The first kappa shape index (κ1) is 28.4. The molecule has 8 nitrogen and oxygen atoms in total. The molecule has 6 rings (SSSR count). The van der Waals surface area contributed by atoms with Crippen molar-refractivity contribution in [3.63, 3.8) is 0 Å². The van der Waals surface area contributed by atoms with Crippen molar-refractivity contribution in [1.29, 1.82) is 0 Å². The molecule has 4 aromatic carbocycles. The smallest absolute Gasteiger partial charge is 0.332 e. The van der Waals surface area contributed by atoms with Crippen molar-refractivity contribution in [2.75, 3.05) is 19.6 Å². The number of nitrogens with zero attached hydrogens (tertiary/aromatic N) is 4. The summed E-state index contributed by atoms with van der Waals surface area (Å²) in [6.45, 7) is 3.18. The second-order valence-corrected chi connectivity index (χ2v) is 11.0. The highest BCUT2D eigenvalue weighted by Crippen LogP contribution is 2.37. The van der Waals surface area contributed by atoms with Crippen LogP contribution in [0.1, 0.15) is 36.1 Å². The second kappa shape index (κ2) is 12.2. The van der Waals surface area contributed by atoms with E-state index in [2.05, 4.69) is 23.5 Å². The lowest BCUT2D eigenvalue weighted by molar-refractivity contribution is -0.158. The lowest BCUT2D eigenvalue weighted by Gasteiger charge is -2.46. The van der Waals surface area contributed by atoms with E-state index in [0.717, 1.165) is 27.5 Å². The molecule has 0 aromatic heterocycles. The third kappa shape index (κ3) is 5.68. The maximum Gasteiger partial charge on any atom is 0.332 e. The van der Waals surface area contributed by atoms with Gasteiger partial charge in [-0.1, -0.05) is 91.9 Å². The first-order valence-electron chi connectivity index (χ1n) is 14.6. The standard InChI is InChI=1S/C34H34FN5O3/c1-2-19-38(34(43)36-20-24-15-17-28(35)18-16-24)39-23-31(41)40-30(39)22-37(33(42)32(40)26-10-4-3-5-11-26)21-27-13-8-12-25-9-6-7-14-29(25)27/h3-18,30,32H,2,19-23H2,1H3,(H,36,43)/t30-,32+/m1/s1. The Bertz CT molecular complexity index is 1630. The van der Waals surface area contributed by atoms with E-state index in [-0.39, 0.29) is 43.3 Å². The molecule has 4 amide bonds. The largest absolute Gasteiger partial charge is 0.333 e. The quantitative estimate of drug-likeness (QED) is 0.316. The summed E-state index contributed by atoms with van der Waals surface area (Å²) in [5.74, 6) is -0.691. The fourth-order valence-corrected chi connectivity index (χ4v) is 6.11. The zero-order valence-corrected chi connectivity index (χ0v) is 24.0. The third-order valence-electron chi connectivity index (χ3n) is 8.15. The fraction of sp³-hybridized carbons (Fsp3) is 0.265. The van der Waals surface area contributed by atoms with Crippen molar-refractivity contribution in [2.45, 2.75) is 38.6 Å².